The summed E-state index contributed by atoms with van der Waals surface area (Å²) in [6.07, 6.45) is 8.19. The number of hydrogen-bond acceptors (Lipinski definition) is 3. The number of amides is 3. The Morgan fingerprint density at radius 3 is 2.08 bits per heavy atom. The van der Waals surface area contributed by atoms with Crippen molar-refractivity contribution in [3.05, 3.63) is 0 Å². The number of unbranched alkanes of at least 4 members (excludes halogenated alkanes) is 1. The van der Waals surface area contributed by atoms with Gasteiger partial charge in [0.05, 0.1) is 0 Å². The van der Waals surface area contributed by atoms with Crippen LogP contribution in [0.5, 0.6) is 0 Å². The average molecular weight is 366 g/mol. The number of nitrogens with one attached hydrogen (secondary N) is 1. The van der Waals surface area contributed by atoms with E-state index in [4.69, 9.17) is 0 Å². The van der Waals surface area contributed by atoms with Crippen LogP contribution in [0.1, 0.15) is 65.7 Å². The van der Waals surface area contributed by atoms with Gasteiger partial charge in [-0.2, -0.15) is 0 Å². The van der Waals surface area contributed by atoms with E-state index in [-0.39, 0.29) is 17.9 Å². The molecule has 0 aromatic rings. The van der Waals surface area contributed by atoms with Crippen molar-refractivity contribution in [2.75, 3.05) is 26.2 Å². The predicted octanol–water partition coefficient (Wildman–Crippen LogP) is 2.18. The third-order valence-electron chi connectivity index (χ3n) is 5.65. The van der Waals surface area contributed by atoms with Gasteiger partial charge in [0.2, 0.25) is 5.91 Å². The van der Waals surface area contributed by atoms with Gasteiger partial charge < -0.3 is 15.1 Å². The van der Waals surface area contributed by atoms with Gasteiger partial charge >= 0.3 is 11.8 Å². The van der Waals surface area contributed by atoms with Gasteiger partial charge in [-0.05, 0) is 45.4 Å². The van der Waals surface area contributed by atoms with Crippen LogP contribution in [0, 0.1) is 11.8 Å². The number of hydrogen-bond donors (Lipinski definition) is 1. The van der Waals surface area contributed by atoms with E-state index in [9.17, 15) is 14.4 Å². The first-order valence-electron chi connectivity index (χ1n) is 10.3. The molecule has 1 saturated carbocycles. The molecule has 2 rings (SSSR count). The van der Waals surface area contributed by atoms with Crippen LogP contribution in [0.25, 0.3) is 0 Å². The van der Waals surface area contributed by atoms with E-state index in [2.05, 4.69) is 12.2 Å². The van der Waals surface area contributed by atoms with Crippen molar-refractivity contribution in [3.63, 3.8) is 0 Å². The summed E-state index contributed by atoms with van der Waals surface area (Å²) in [6, 6.07) is -0.0539. The van der Waals surface area contributed by atoms with E-state index >= 15 is 0 Å². The maximum atomic E-state index is 12.8. The molecule has 1 aliphatic carbocycles. The molecule has 0 spiro atoms. The van der Waals surface area contributed by atoms with Gasteiger partial charge in [-0.15, -0.1) is 0 Å². The largest absolute Gasteiger partial charge is 0.346 e. The summed E-state index contributed by atoms with van der Waals surface area (Å²) in [7, 11) is 0. The minimum absolute atomic E-state index is 0.0539. The zero-order valence-corrected chi connectivity index (χ0v) is 16.6. The highest BCUT2D eigenvalue weighted by molar-refractivity contribution is 6.35. The van der Waals surface area contributed by atoms with Crippen LogP contribution in [0.4, 0.5) is 0 Å². The lowest BCUT2D eigenvalue weighted by atomic mass is 9.79. The number of rotatable bonds is 5. The van der Waals surface area contributed by atoms with Crippen molar-refractivity contribution in [3.8, 4) is 0 Å². The molecule has 26 heavy (non-hydrogen) atoms. The van der Waals surface area contributed by atoms with Gasteiger partial charge in [0.25, 0.3) is 0 Å². The molecule has 6 heteroatoms. The number of carbonyl (C=O) groups excluding carboxylic acids is 3. The number of piperazine rings is 1. The van der Waals surface area contributed by atoms with E-state index in [1.807, 2.05) is 18.7 Å². The molecule has 2 aliphatic rings. The summed E-state index contributed by atoms with van der Waals surface area (Å²) >= 11 is 0. The third kappa shape index (κ3) is 5.71. The summed E-state index contributed by atoms with van der Waals surface area (Å²) in [5, 5.41) is 2.63. The molecule has 2 fully saturated rings. The van der Waals surface area contributed by atoms with Gasteiger partial charge in [-0.1, -0.05) is 26.2 Å². The Balaban J connectivity index is 1.75. The Kier molecular flexibility index (Phi) is 7.91. The van der Waals surface area contributed by atoms with Gasteiger partial charge in [0.15, 0.2) is 0 Å². The van der Waals surface area contributed by atoms with Crippen LogP contribution in [-0.2, 0) is 14.4 Å². The van der Waals surface area contributed by atoms with Gasteiger partial charge in [-0.3, -0.25) is 14.4 Å². The Hall–Kier alpha value is -1.59. The lowest BCUT2D eigenvalue weighted by Crippen LogP contribution is -2.55. The molecule has 0 radical (unpaired) electrons. The lowest BCUT2D eigenvalue weighted by Gasteiger charge is -2.37. The standard InChI is InChI=1S/C20H35N3O3/c1-4-5-6-16-7-9-17(10-8-16)19(25)22-11-13-23(14-12-22)20(26)18(24)21-15(2)3/h15-17H,4-14H2,1-3H3,(H,21,24). The molecule has 1 N–H and O–H groups in total. The zero-order chi connectivity index (χ0) is 19.1. The molecule has 0 bridgehead atoms. The van der Waals surface area contributed by atoms with Crippen LogP contribution in [0.15, 0.2) is 0 Å². The molecule has 1 aliphatic heterocycles. The second-order valence-corrected chi connectivity index (χ2v) is 8.11. The molecule has 1 heterocycles. The van der Waals surface area contributed by atoms with Crippen molar-refractivity contribution in [1.82, 2.24) is 15.1 Å². The third-order valence-corrected chi connectivity index (χ3v) is 5.65. The monoisotopic (exact) mass is 365 g/mol. The molecule has 0 aromatic heterocycles. The fraction of sp³-hybridized carbons (Fsp3) is 0.850. The van der Waals surface area contributed by atoms with E-state index in [0.29, 0.717) is 26.2 Å². The van der Waals surface area contributed by atoms with E-state index in [1.54, 1.807) is 4.90 Å². The molecular formula is C20H35N3O3. The van der Waals surface area contributed by atoms with Gasteiger partial charge in [0, 0.05) is 38.1 Å². The minimum atomic E-state index is -0.551. The Morgan fingerprint density at radius 2 is 1.54 bits per heavy atom. The fourth-order valence-electron chi connectivity index (χ4n) is 4.05. The lowest BCUT2D eigenvalue weighted by molar-refractivity contribution is -0.149. The Morgan fingerprint density at radius 1 is 0.962 bits per heavy atom. The van der Waals surface area contributed by atoms with E-state index in [1.165, 1.54) is 32.1 Å². The number of carbonyl (C=O) groups is 3. The van der Waals surface area contributed by atoms with Crippen molar-refractivity contribution in [2.45, 2.75) is 71.8 Å². The van der Waals surface area contributed by atoms with Crippen LogP contribution in [0.3, 0.4) is 0 Å². The van der Waals surface area contributed by atoms with Crippen molar-refractivity contribution < 1.29 is 14.4 Å². The maximum absolute atomic E-state index is 12.8. The average Bonchev–Trinajstić information content (AvgIpc) is 2.65. The van der Waals surface area contributed by atoms with Crippen LogP contribution in [0.2, 0.25) is 0 Å². The van der Waals surface area contributed by atoms with E-state index < -0.39 is 11.8 Å². The molecule has 1 saturated heterocycles. The number of nitrogens with zero attached hydrogens (tertiary/aromatic N) is 2. The summed E-state index contributed by atoms with van der Waals surface area (Å²) in [4.78, 5) is 40.2. The summed E-state index contributed by atoms with van der Waals surface area (Å²) in [6.45, 7) is 7.86. The molecule has 0 atom stereocenters. The van der Waals surface area contributed by atoms with Crippen LogP contribution >= 0.6 is 0 Å². The Labute approximate surface area is 157 Å². The molecular weight excluding hydrogens is 330 g/mol. The zero-order valence-electron chi connectivity index (χ0n) is 16.6. The SMILES string of the molecule is CCCCC1CCC(C(=O)N2CCN(C(=O)C(=O)NC(C)C)CC2)CC1. The van der Waals surface area contributed by atoms with Crippen molar-refractivity contribution >= 4 is 17.7 Å². The Bertz CT molecular complexity index is 491. The predicted molar refractivity (Wildman–Crippen MR) is 101 cm³/mol. The fourth-order valence-corrected chi connectivity index (χ4v) is 4.05. The summed E-state index contributed by atoms with van der Waals surface area (Å²) < 4.78 is 0. The molecule has 6 nitrogen and oxygen atoms in total. The topological polar surface area (TPSA) is 69.7 Å². The van der Waals surface area contributed by atoms with Gasteiger partial charge in [-0.25, -0.2) is 0 Å². The first kappa shape index (κ1) is 20.7. The maximum Gasteiger partial charge on any atom is 0.312 e. The second-order valence-electron chi connectivity index (χ2n) is 8.11. The normalized spacial score (nSPS) is 23.8. The minimum Gasteiger partial charge on any atom is -0.346 e. The van der Waals surface area contributed by atoms with Crippen molar-refractivity contribution in [2.24, 2.45) is 11.8 Å². The first-order valence-corrected chi connectivity index (χ1v) is 10.3. The molecule has 148 valence electrons. The first-order chi connectivity index (χ1) is 12.4. The second kappa shape index (κ2) is 9.93. The van der Waals surface area contributed by atoms with Crippen molar-refractivity contribution in [1.29, 1.82) is 0 Å². The highest BCUT2D eigenvalue weighted by atomic mass is 16.2. The van der Waals surface area contributed by atoms with Gasteiger partial charge in [0.1, 0.15) is 0 Å². The summed E-state index contributed by atoms with van der Waals surface area (Å²) in [5.41, 5.74) is 0. The van der Waals surface area contributed by atoms with Crippen LogP contribution < -0.4 is 5.32 Å². The highest BCUT2D eigenvalue weighted by Gasteiger charge is 2.32. The molecule has 0 unspecified atom stereocenters. The molecule has 3 amide bonds. The quantitative estimate of drug-likeness (QED) is 0.759. The van der Waals surface area contributed by atoms with E-state index in [0.717, 1.165) is 18.8 Å². The van der Waals surface area contributed by atoms with Crippen LogP contribution in [-0.4, -0.2) is 59.7 Å². The summed E-state index contributed by atoms with van der Waals surface area (Å²) in [5.74, 6) is 0.164. The smallest absolute Gasteiger partial charge is 0.312 e. The molecule has 0 aromatic carbocycles. The highest BCUT2D eigenvalue weighted by Crippen LogP contribution is 2.33.